The zero-order valence-corrected chi connectivity index (χ0v) is 31.9. The monoisotopic (exact) mass is 709 g/mol. The van der Waals surface area contributed by atoms with Gasteiger partial charge in [0.05, 0.1) is 30.7 Å². The van der Waals surface area contributed by atoms with Crippen LogP contribution in [0.3, 0.4) is 0 Å². The molecule has 12 atom stereocenters. The van der Waals surface area contributed by atoms with E-state index in [1.54, 1.807) is 48.7 Å². The maximum atomic E-state index is 14.5. The highest BCUT2D eigenvalue weighted by Gasteiger charge is 2.61. The minimum atomic E-state index is -1.48. The first-order chi connectivity index (χ1) is 23.2. The van der Waals surface area contributed by atoms with E-state index in [-0.39, 0.29) is 37.2 Å². The van der Waals surface area contributed by atoms with Crippen LogP contribution in [0, 0.1) is 23.2 Å². The van der Waals surface area contributed by atoms with Crippen LogP contribution >= 0.6 is 0 Å². The molecule has 4 aliphatic heterocycles. The van der Waals surface area contributed by atoms with Gasteiger partial charge >= 0.3 is 18.2 Å². The summed E-state index contributed by atoms with van der Waals surface area (Å²) >= 11 is 0. The number of carbonyl (C=O) groups excluding carboxylic acids is 5. The van der Waals surface area contributed by atoms with Crippen molar-refractivity contribution in [3.05, 3.63) is 0 Å². The number of alkyl carbamates (subject to hydrolysis) is 1. The molecule has 0 aromatic carbocycles. The number of rotatable bonds is 5. The summed E-state index contributed by atoms with van der Waals surface area (Å²) in [4.78, 5) is 72.2. The molecule has 0 aliphatic carbocycles. The zero-order chi connectivity index (χ0) is 37.5. The minimum Gasteiger partial charge on any atom is -0.458 e. The molecule has 4 aliphatic rings. The maximum absolute atomic E-state index is 14.5. The Balaban J connectivity index is 1.92. The molecule has 2 amide bonds. The molecule has 0 spiro atoms. The number of esters is 1. The summed E-state index contributed by atoms with van der Waals surface area (Å²) in [7, 11) is 5.51. The van der Waals surface area contributed by atoms with Gasteiger partial charge in [-0.1, -0.05) is 27.7 Å². The van der Waals surface area contributed by atoms with E-state index in [1.165, 1.54) is 4.90 Å². The van der Waals surface area contributed by atoms with E-state index in [4.69, 9.17) is 28.4 Å². The van der Waals surface area contributed by atoms with Gasteiger partial charge in [-0.15, -0.1) is 0 Å². The summed E-state index contributed by atoms with van der Waals surface area (Å²) in [6, 6.07) is -1.01. The van der Waals surface area contributed by atoms with Gasteiger partial charge in [0.25, 0.3) is 0 Å². The normalized spacial score (nSPS) is 41.9. The Hall–Kier alpha value is -2.81. The molecule has 14 nitrogen and oxygen atoms in total. The second kappa shape index (κ2) is 15.0. The van der Waals surface area contributed by atoms with E-state index >= 15 is 0 Å². The summed E-state index contributed by atoms with van der Waals surface area (Å²) in [5, 5.41) is 2.56. The number of methoxy groups -OCH3 is 1. The SMILES string of the molecule is CC[C@H]1OC(=O)C(C)(C)C[C@H](C)[C@@H](O[C@@H]2O[C@H](C)C[C@H](N(C)C)[C@H]2OC)[C@@]2(C)C[C@@H](C)C(=O)[C@H](C)[C@H]3N(CC(=O)CNC(=O)O2)C(=O)O[C@]13C. The Bertz CT molecular complexity index is 1310. The largest absolute Gasteiger partial charge is 0.458 e. The molecule has 0 saturated carbocycles. The van der Waals surface area contributed by atoms with E-state index in [0.29, 0.717) is 6.42 Å². The van der Waals surface area contributed by atoms with Crippen molar-refractivity contribution in [1.82, 2.24) is 15.1 Å². The topological polar surface area (TPSA) is 159 Å². The molecule has 1 N–H and O–H groups in total. The van der Waals surface area contributed by atoms with Gasteiger partial charge in [-0.05, 0) is 80.3 Å². The summed E-state index contributed by atoms with van der Waals surface area (Å²) in [5.74, 6) is -3.31. The number of carbonyl (C=O) groups is 5. The number of cyclic esters (lactones) is 1. The van der Waals surface area contributed by atoms with Gasteiger partial charge in [-0.25, -0.2) is 9.59 Å². The fraction of sp³-hybridized carbons (Fsp3) is 0.861. The minimum absolute atomic E-state index is 0.0316. The molecule has 284 valence electrons. The number of hydrogen-bond acceptors (Lipinski definition) is 12. The van der Waals surface area contributed by atoms with E-state index in [2.05, 4.69) is 10.2 Å². The van der Waals surface area contributed by atoms with Crippen LogP contribution in [0.15, 0.2) is 0 Å². The van der Waals surface area contributed by atoms with Gasteiger partial charge in [0.15, 0.2) is 17.7 Å². The number of Topliss-reactive ketones (excluding diaryl/α,β-unsaturated/α-hetero) is 2. The van der Waals surface area contributed by atoms with E-state index in [1.807, 2.05) is 34.9 Å². The Morgan fingerprint density at radius 2 is 1.64 bits per heavy atom. The second-order valence-corrected chi connectivity index (χ2v) is 16.2. The molecule has 4 fully saturated rings. The number of nitrogens with zero attached hydrogens (tertiary/aromatic N) is 2. The molecular weight excluding hydrogens is 650 g/mol. The molecule has 4 rings (SSSR count). The number of likely N-dealkylation sites (N-methyl/N-ethyl adjacent to an activating group) is 1. The van der Waals surface area contributed by atoms with Crippen LogP contribution in [-0.4, -0.2) is 128 Å². The van der Waals surface area contributed by atoms with Crippen LogP contribution in [0.4, 0.5) is 9.59 Å². The van der Waals surface area contributed by atoms with Crippen molar-refractivity contribution in [3.8, 4) is 0 Å². The Kier molecular flexibility index (Phi) is 12.0. The molecule has 0 unspecified atom stereocenters. The van der Waals surface area contributed by atoms with Crippen LogP contribution < -0.4 is 5.32 Å². The zero-order valence-electron chi connectivity index (χ0n) is 31.9. The highest BCUT2D eigenvalue weighted by Crippen LogP contribution is 2.45. The second-order valence-electron chi connectivity index (χ2n) is 16.2. The molecule has 0 aromatic rings. The fourth-order valence-electron chi connectivity index (χ4n) is 8.92. The van der Waals surface area contributed by atoms with Crippen molar-refractivity contribution in [2.24, 2.45) is 23.2 Å². The first-order valence-corrected chi connectivity index (χ1v) is 17.9. The van der Waals surface area contributed by atoms with Crippen molar-refractivity contribution in [2.45, 2.75) is 142 Å². The quantitative estimate of drug-likeness (QED) is 0.326. The highest BCUT2D eigenvalue weighted by molar-refractivity contribution is 5.90. The highest BCUT2D eigenvalue weighted by atomic mass is 16.7. The summed E-state index contributed by atoms with van der Waals surface area (Å²) in [5.41, 5.74) is -4.02. The Labute approximate surface area is 296 Å². The molecule has 4 saturated heterocycles. The number of nitrogens with one attached hydrogen (secondary N) is 1. The standard InChI is InChI=1S/C36H59N3O11/c1-13-25-36(9)28-22(5)26(41)19(2)16-35(8,49-32(43)37-17-23(40)18-39(28)33(44)50-36)29(20(3)15-34(6,7)31(42)47-25)48-30-27(45-12)24(38(10)11)14-21(4)46-30/h19-22,24-25,27-30H,13-18H2,1-12H3,(H,37,43)/t19-,20+,21-,22+,24+,25-,27-,28-,29-,30+,35-,36-/m1/s1. The van der Waals surface area contributed by atoms with E-state index in [9.17, 15) is 24.0 Å². The summed E-state index contributed by atoms with van der Waals surface area (Å²) < 4.78 is 37.6. The lowest BCUT2D eigenvalue weighted by atomic mass is 9.72. The number of fused-ring (bicyclic) bond motifs is 4. The maximum Gasteiger partial charge on any atom is 0.411 e. The van der Waals surface area contributed by atoms with Crippen LogP contribution in [0.25, 0.3) is 0 Å². The molecular formula is C36H59N3O11. The number of hydrogen-bond donors (Lipinski definition) is 1. The lowest BCUT2D eigenvalue weighted by molar-refractivity contribution is -0.299. The van der Waals surface area contributed by atoms with Crippen molar-refractivity contribution in [1.29, 1.82) is 0 Å². The van der Waals surface area contributed by atoms with Crippen molar-refractivity contribution in [3.63, 3.8) is 0 Å². The summed E-state index contributed by atoms with van der Waals surface area (Å²) in [6.45, 7) is 15.2. The van der Waals surface area contributed by atoms with Crippen LogP contribution in [0.1, 0.15) is 88.0 Å². The first kappa shape index (κ1) is 40.0. The van der Waals surface area contributed by atoms with Crippen molar-refractivity contribution in [2.75, 3.05) is 34.3 Å². The summed E-state index contributed by atoms with van der Waals surface area (Å²) in [6.07, 6.45) is -3.90. The Morgan fingerprint density at radius 3 is 2.24 bits per heavy atom. The molecule has 14 heteroatoms. The number of ketones is 2. The third kappa shape index (κ3) is 7.83. The average molecular weight is 710 g/mol. The van der Waals surface area contributed by atoms with Gasteiger partial charge in [-0.2, -0.15) is 0 Å². The predicted molar refractivity (Wildman–Crippen MR) is 181 cm³/mol. The van der Waals surface area contributed by atoms with Crippen molar-refractivity contribution >= 4 is 29.7 Å². The predicted octanol–water partition coefficient (Wildman–Crippen LogP) is 3.72. The van der Waals surface area contributed by atoms with Crippen LogP contribution in [0.2, 0.25) is 0 Å². The molecule has 0 aromatic heterocycles. The first-order valence-electron chi connectivity index (χ1n) is 17.9. The third-order valence-electron chi connectivity index (χ3n) is 11.3. The fourth-order valence-corrected chi connectivity index (χ4v) is 8.92. The average Bonchev–Trinajstić information content (AvgIpc) is 3.27. The molecule has 50 heavy (non-hydrogen) atoms. The van der Waals surface area contributed by atoms with Gasteiger partial charge in [0.2, 0.25) is 0 Å². The lowest BCUT2D eigenvalue weighted by Crippen LogP contribution is -2.60. The van der Waals surface area contributed by atoms with Crippen molar-refractivity contribution < 1.29 is 52.4 Å². The number of amides is 2. The Morgan fingerprint density at radius 1 is 0.980 bits per heavy atom. The van der Waals surface area contributed by atoms with Gasteiger partial charge in [0, 0.05) is 25.0 Å². The number of ether oxygens (including phenoxy) is 6. The van der Waals surface area contributed by atoms with Gasteiger partial charge < -0.3 is 38.6 Å². The van der Waals surface area contributed by atoms with Crippen LogP contribution in [0.5, 0.6) is 0 Å². The van der Waals surface area contributed by atoms with Crippen LogP contribution in [-0.2, 0) is 42.8 Å². The van der Waals surface area contributed by atoms with Gasteiger partial charge in [-0.3, -0.25) is 19.3 Å². The smallest absolute Gasteiger partial charge is 0.411 e. The van der Waals surface area contributed by atoms with E-state index in [0.717, 1.165) is 0 Å². The lowest BCUT2D eigenvalue weighted by Gasteiger charge is -2.48. The third-order valence-corrected chi connectivity index (χ3v) is 11.3. The van der Waals surface area contributed by atoms with Gasteiger partial charge in [0.1, 0.15) is 29.7 Å². The molecule has 2 bridgehead atoms. The molecule has 4 heterocycles. The molecule has 0 radical (unpaired) electrons. The van der Waals surface area contributed by atoms with E-state index < -0.39 is 102 Å².